The normalized spacial score (nSPS) is 15.4. The second-order valence-corrected chi connectivity index (χ2v) is 7.35. The van der Waals surface area contributed by atoms with E-state index >= 15 is 0 Å². The van der Waals surface area contributed by atoms with Gasteiger partial charge in [-0.1, -0.05) is 11.6 Å². The molecule has 8 nitrogen and oxygen atoms in total. The molecule has 0 unspecified atom stereocenters. The van der Waals surface area contributed by atoms with Crippen LogP contribution in [0.1, 0.15) is 13.8 Å². The summed E-state index contributed by atoms with van der Waals surface area (Å²) < 4.78 is 5.13. The number of nitrogen functional groups attached to an aromatic ring is 1. The number of ether oxygens (including phenoxy) is 1. The minimum Gasteiger partial charge on any atom is -0.446 e. The van der Waals surface area contributed by atoms with Crippen LogP contribution in [-0.2, 0) is 4.74 Å². The van der Waals surface area contributed by atoms with Gasteiger partial charge in [0, 0.05) is 36.6 Å². The molecule has 1 aliphatic rings. The van der Waals surface area contributed by atoms with Crippen LogP contribution in [0.3, 0.4) is 0 Å². The van der Waals surface area contributed by atoms with E-state index in [-0.39, 0.29) is 6.61 Å². The third kappa shape index (κ3) is 4.25. The van der Waals surface area contributed by atoms with E-state index in [1.165, 1.54) is 0 Å². The van der Waals surface area contributed by atoms with E-state index in [1.807, 2.05) is 11.0 Å². The standard InChI is InChI=1S/C17H22ClN5O3/c1-17(2,25)10-26-16(24)23-7-5-22(6-8-23)15-20-13-4-3-11(18)9-12(13)14(19)21-15/h3-4,9,25H,5-8,10H2,1-2H3,(H2,19,20,21). The molecule has 3 rings (SSSR count). The summed E-state index contributed by atoms with van der Waals surface area (Å²) in [5, 5.41) is 10.9. The van der Waals surface area contributed by atoms with E-state index in [4.69, 9.17) is 22.1 Å². The molecule has 0 saturated carbocycles. The van der Waals surface area contributed by atoms with E-state index < -0.39 is 11.7 Å². The SMILES string of the molecule is CC(C)(O)COC(=O)N1CCN(c2nc(N)c3cc(Cl)ccc3n2)CC1. The molecule has 26 heavy (non-hydrogen) atoms. The Balaban J connectivity index is 1.66. The van der Waals surface area contributed by atoms with Gasteiger partial charge in [-0.05, 0) is 32.0 Å². The van der Waals surface area contributed by atoms with Crippen molar-refractivity contribution < 1.29 is 14.6 Å². The number of aliphatic hydroxyl groups is 1. The molecule has 9 heteroatoms. The highest BCUT2D eigenvalue weighted by Gasteiger charge is 2.25. The molecule has 0 radical (unpaired) electrons. The van der Waals surface area contributed by atoms with Crippen LogP contribution in [0, 0.1) is 0 Å². The lowest BCUT2D eigenvalue weighted by atomic mass is 10.2. The molecular formula is C17H22ClN5O3. The van der Waals surface area contributed by atoms with Crippen molar-refractivity contribution in [3.63, 3.8) is 0 Å². The number of rotatable bonds is 3. The molecule has 2 aromatic rings. The van der Waals surface area contributed by atoms with E-state index in [2.05, 4.69) is 9.97 Å². The fourth-order valence-electron chi connectivity index (χ4n) is 2.67. The summed E-state index contributed by atoms with van der Waals surface area (Å²) in [6, 6.07) is 5.31. The summed E-state index contributed by atoms with van der Waals surface area (Å²) in [6.07, 6.45) is -0.430. The van der Waals surface area contributed by atoms with Gasteiger partial charge in [0.05, 0.1) is 11.1 Å². The van der Waals surface area contributed by atoms with Crippen molar-refractivity contribution in [2.45, 2.75) is 19.4 Å². The molecule has 1 saturated heterocycles. The molecule has 1 aromatic heterocycles. The van der Waals surface area contributed by atoms with Crippen molar-refractivity contribution in [2.24, 2.45) is 0 Å². The monoisotopic (exact) mass is 379 g/mol. The van der Waals surface area contributed by atoms with Gasteiger partial charge in [-0.2, -0.15) is 4.98 Å². The third-order valence-corrected chi connectivity index (χ3v) is 4.28. The Hall–Kier alpha value is -2.32. The van der Waals surface area contributed by atoms with Gasteiger partial charge in [0.15, 0.2) is 0 Å². The second-order valence-electron chi connectivity index (χ2n) is 6.91. The molecule has 3 N–H and O–H groups in total. The van der Waals surface area contributed by atoms with E-state index in [1.54, 1.807) is 30.9 Å². The first-order valence-electron chi connectivity index (χ1n) is 8.35. The lowest BCUT2D eigenvalue weighted by Gasteiger charge is -2.34. The number of carbonyl (C=O) groups excluding carboxylic acids is 1. The summed E-state index contributed by atoms with van der Waals surface area (Å²) in [6.45, 7) is 5.23. The van der Waals surface area contributed by atoms with Gasteiger partial charge in [0.25, 0.3) is 0 Å². The predicted molar refractivity (Wildman–Crippen MR) is 100 cm³/mol. The lowest BCUT2D eigenvalue weighted by Crippen LogP contribution is -2.50. The summed E-state index contributed by atoms with van der Waals surface area (Å²) in [5.74, 6) is 0.904. The maximum absolute atomic E-state index is 12.1. The number of aromatic nitrogens is 2. The van der Waals surface area contributed by atoms with Crippen LogP contribution < -0.4 is 10.6 Å². The second kappa shape index (κ2) is 7.13. The molecule has 0 spiro atoms. The largest absolute Gasteiger partial charge is 0.446 e. The highest BCUT2D eigenvalue weighted by molar-refractivity contribution is 6.31. The highest BCUT2D eigenvalue weighted by Crippen LogP contribution is 2.25. The van der Waals surface area contributed by atoms with Gasteiger partial charge in [0.2, 0.25) is 5.95 Å². The lowest BCUT2D eigenvalue weighted by molar-refractivity contribution is -0.00415. The average molecular weight is 380 g/mol. The fourth-order valence-corrected chi connectivity index (χ4v) is 2.84. The minimum absolute atomic E-state index is 0.0427. The number of anilines is 2. The number of nitrogens with two attached hydrogens (primary N) is 1. The Morgan fingerprint density at radius 1 is 1.31 bits per heavy atom. The van der Waals surface area contributed by atoms with Crippen LogP contribution in [0.5, 0.6) is 0 Å². The Morgan fingerprint density at radius 3 is 2.65 bits per heavy atom. The number of hydrogen-bond acceptors (Lipinski definition) is 7. The molecule has 0 bridgehead atoms. The molecule has 2 heterocycles. The fraction of sp³-hybridized carbons (Fsp3) is 0.471. The molecule has 140 valence electrons. The Kier molecular flexibility index (Phi) is 5.06. The Morgan fingerprint density at radius 2 is 2.00 bits per heavy atom. The van der Waals surface area contributed by atoms with Gasteiger partial charge < -0.3 is 25.4 Å². The van der Waals surface area contributed by atoms with E-state index in [0.717, 1.165) is 10.9 Å². The number of halogens is 1. The Labute approximate surface area is 156 Å². The molecule has 1 amide bonds. The van der Waals surface area contributed by atoms with Gasteiger partial charge >= 0.3 is 6.09 Å². The van der Waals surface area contributed by atoms with Crippen molar-refractivity contribution in [2.75, 3.05) is 43.4 Å². The van der Waals surface area contributed by atoms with Gasteiger partial charge in [-0.3, -0.25) is 0 Å². The van der Waals surface area contributed by atoms with E-state index in [0.29, 0.717) is 43.0 Å². The van der Waals surface area contributed by atoms with Crippen molar-refractivity contribution >= 4 is 40.4 Å². The first kappa shape index (κ1) is 18.5. The zero-order chi connectivity index (χ0) is 18.9. The van der Waals surface area contributed by atoms with Gasteiger partial charge in [0.1, 0.15) is 12.4 Å². The van der Waals surface area contributed by atoms with Crippen molar-refractivity contribution in [3.05, 3.63) is 23.2 Å². The van der Waals surface area contributed by atoms with Crippen LogP contribution in [0.2, 0.25) is 5.02 Å². The minimum atomic E-state index is -1.04. The zero-order valence-electron chi connectivity index (χ0n) is 14.8. The number of fused-ring (bicyclic) bond motifs is 1. The van der Waals surface area contributed by atoms with Gasteiger partial charge in [-0.15, -0.1) is 0 Å². The molecule has 1 aliphatic heterocycles. The maximum atomic E-state index is 12.1. The first-order chi connectivity index (χ1) is 12.2. The molecule has 0 atom stereocenters. The van der Waals surface area contributed by atoms with E-state index in [9.17, 15) is 9.90 Å². The molecule has 0 aliphatic carbocycles. The van der Waals surface area contributed by atoms with Crippen LogP contribution in [0.25, 0.3) is 10.9 Å². The number of carbonyl (C=O) groups is 1. The maximum Gasteiger partial charge on any atom is 0.409 e. The van der Waals surface area contributed by atoms with Crippen molar-refractivity contribution in [1.82, 2.24) is 14.9 Å². The Bertz CT molecular complexity index is 816. The van der Waals surface area contributed by atoms with Crippen LogP contribution in [0.15, 0.2) is 18.2 Å². The summed E-state index contributed by atoms with van der Waals surface area (Å²) >= 11 is 5.99. The quantitative estimate of drug-likeness (QED) is 0.838. The smallest absolute Gasteiger partial charge is 0.409 e. The predicted octanol–water partition coefficient (Wildman–Crippen LogP) is 1.89. The number of nitrogens with zero attached hydrogens (tertiary/aromatic N) is 4. The number of piperazine rings is 1. The molecular weight excluding hydrogens is 358 g/mol. The average Bonchev–Trinajstić information content (AvgIpc) is 2.59. The molecule has 1 aromatic carbocycles. The highest BCUT2D eigenvalue weighted by atomic mass is 35.5. The van der Waals surface area contributed by atoms with Crippen molar-refractivity contribution in [1.29, 1.82) is 0 Å². The molecule has 1 fully saturated rings. The van der Waals surface area contributed by atoms with Crippen LogP contribution >= 0.6 is 11.6 Å². The van der Waals surface area contributed by atoms with Crippen LogP contribution in [-0.4, -0.2) is 64.5 Å². The van der Waals surface area contributed by atoms with Gasteiger partial charge in [-0.25, -0.2) is 9.78 Å². The zero-order valence-corrected chi connectivity index (χ0v) is 15.5. The summed E-state index contributed by atoms with van der Waals surface area (Å²) in [5.41, 5.74) is 5.72. The summed E-state index contributed by atoms with van der Waals surface area (Å²) in [7, 11) is 0. The topological polar surface area (TPSA) is 105 Å². The summed E-state index contributed by atoms with van der Waals surface area (Å²) in [4.78, 5) is 24.6. The van der Waals surface area contributed by atoms with Crippen LogP contribution in [0.4, 0.5) is 16.6 Å². The number of hydrogen-bond donors (Lipinski definition) is 2. The first-order valence-corrected chi connectivity index (χ1v) is 8.72. The number of amides is 1. The number of benzene rings is 1. The third-order valence-electron chi connectivity index (χ3n) is 4.05. The van der Waals surface area contributed by atoms with Crippen molar-refractivity contribution in [3.8, 4) is 0 Å².